The molecule has 0 spiro atoms. The Balaban J connectivity index is 1.39. The van der Waals surface area contributed by atoms with Crippen LogP contribution < -0.4 is 9.47 Å². The number of carbonyl (C=O) groups excluding carboxylic acids is 1. The van der Waals surface area contributed by atoms with Crippen LogP contribution in [0.4, 0.5) is 0 Å². The van der Waals surface area contributed by atoms with Crippen LogP contribution in [0.2, 0.25) is 0 Å². The molecular formula is C47H71NO3S. The van der Waals surface area contributed by atoms with E-state index in [0.717, 1.165) is 78.5 Å². The molecule has 0 bridgehead atoms. The van der Waals surface area contributed by atoms with Crippen LogP contribution in [0.1, 0.15) is 165 Å². The van der Waals surface area contributed by atoms with E-state index in [1.54, 1.807) is 0 Å². The van der Waals surface area contributed by atoms with Gasteiger partial charge in [0.05, 0.1) is 6.61 Å². The molecule has 52 heavy (non-hydrogen) atoms. The second-order valence-corrected chi connectivity index (χ2v) is 15.1. The number of nitrogens with zero attached hydrogens (tertiary/aromatic N) is 1. The molecule has 0 saturated carbocycles. The topological polar surface area (TPSA) is 38.8 Å². The van der Waals surface area contributed by atoms with E-state index in [4.69, 9.17) is 9.47 Å². The van der Waals surface area contributed by atoms with Crippen molar-refractivity contribution in [2.75, 3.05) is 25.4 Å². The fourth-order valence-corrected chi connectivity index (χ4v) is 6.93. The number of rotatable bonds is 31. The Morgan fingerprint density at radius 2 is 0.923 bits per heavy atom. The molecule has 0 atom stereocenters. The lowest BCUT2D eigenvalue weighted by atomic mass is 10.1. The third-order valence-electron chi connectivity index (χ3n) is 10.1. The predicted octanol–water partition coefficient (Wildman–Crippen LogP) is 13.9. The first kappa shape index (κ1) is 43.5. The minimum atomic E-state index is 0.164. The summed E-state index contributed by atoms with van der Waals surface area (Å²) in [5, 5.41) is 0. The molecule has 0 fully saturated rings. The lowest BCUT2D eigenvalue weighted by Gasteiger charge is -2.23. The normalized spacial score (nSPS) is 11.1. The van der Waals surface area contributed by atoms with Crippen LogP contribution in [0.5, 0.6) is 11.5 Å². The summed E-state index contributed by atoms with van der Waals surface area (Å²) in [5.41, 5.74) is 4.15. The quantitative estimate of drug-likeness (QED) is 0.0529. The highest BCUT2D eigenvalue weighted by atomic mass is 32.1. The maximum atomic E-state index is 13.6. The zero-order valence-electron chi connectivity index (χ0n) is 32.9. The molecule has 4 nitrogen and oxygen atoms in total. The minimum Gasteiger partial charge on any atom is -0.494 e. The van der Waals surface area contributed by atoms with Crippen LogP contribution >= 0.6 is 12.6 Å². The van der Waals surface area contributed by atoms with E-state index in [0.29, 0.717) is 6.61 Å². The van der Waals surface area contributed by atoms with Gasteiger partial charge in [-0.25, -0.2) is 0 Å². The molecule has 288 valence electrons. The number of hydrogen-bond acceptors (Lipinski definition) is 4. The molecule has 0 aliphatic heterocycles. The summed E-state index contributed by atoms with van der Waals surface area (Å²) in [6.45, 7) is 7.47. The zero-order valence-corrected chi connectivity index (χ0v) is 33.8. The molecule has 3 rings (SSSR count). The summed E-state index contributed by atoms with van der Waals surface area (Å²) in [6, 6.07) is 24.7. The monoisotopic (exact) mass is 730 g/mol. The summed E-state index contributed by atoms with van der Waals surface area (Å²) < 4.78 is 12.1. The Labute approximate surface area is 323 Å². The second kappa shape index (κ2) is 28.6. The number of amides is 1. The Bertz CT molecular complexity index is 1280. The highest BCUT2D eigenvalue weighted by Gasteiger charge is 2.15. The highest BCUT2D eigenvalue weighted by molar-refractivity contribution is 7.80. The van der Waals surface area contributed by atoms with Gasteiger partial charge in [-0.2, -0.15) is 12.6 Å². The molecular weight excluding hydrogens is 659 g/mol. The van der Waals surface area contributed by atoms with Crippen molar-refractivity contribution in [3.05, 3.63) is 83.9 Å². The van der Waals surface area contributed by atoms with Crippen molar-refractivity contribution < 1.29 is 14.3 Å². The second-order valence-electron chi connectivity index (χ2n) is 14.6. The van der Waals surface area contributed by atoms with E-state index in [-0.39, 0.29) is 5.91 Å². The summed E-state index contributed by atoms with van der Waals surface area (Å²) in [5.74, 6) is 2.95. The first-order valence-electron chi connectivity index (χ1n) is 21.1. The Morgan fingerprint density at radius 3 is 1.40 bits per heavy atom. The molecule has 0 N–H and O–H groups in total. The molecule has 0 aromatic heterocycles. The van der Waals surface area contributed by atoms with Crippen molar-refractivity contribution in [1.82, 2.24) is 4.90 Å². The average Bonchev–Trinajstić information content (AvgIpc) is 3.18. The van der Waals surface area contributed by atoms with Gasteiger partial charge in [-0.05, 0) is 84.5 Å². The third kappa shape index (κ3) is 18.7. The molecule has 0 unspecified atom stereocenters. The molecule has 3 aromatic rings. The van der Waals surface area contributed by atoms with Crippen LogP contribution in [-0.4, -0.2) is 36.3 Å². The Hall–Kier alpha value is -2.92. The summed E-state index contributed by atoms with van der Waals surface area (Å²) in [4.78, 5) is 15.7. The van der Waals surface area contributed by atoms with Crippen LogP contribution in [0.15, 0.2) is 72.8 Å². The zero-order chi connectivity index (χ0) is 36.9. The average molecular weight is 730 g/mol. The van der Waals surface area contributed by atoms with E-state index in [2.05, 4.69) is 67.8 Å². The molecule has 0 aliphatic rings. The SMILES string of the molecule is CCCCCCCCN(CCCCCCCC)C(=O)c1ccc(COc2ccc(-c3ccc(OCCCCCCCCCCCS)cc3)cc2)cc1. The van der Waals surface area contributed by atoms with Gasteiger partial charge in [0.15, 0.2) is 0 Å². The van der Waals surface area contributed by atoms with Gasteiger partial charge in [-0.3, -0.25) is 4.79 Å². The van der Waals surface area contributed by atoms with Crippen LogP contribution in [0, 0.1) is 0 Å². The van der Waals surface area contributed by atoms with E-state index in [1.165, 1.54) is 116 Å². The lowest BCUT2D eigenvalue weighted by molar-refractivity contribution is 0.0749. The van der Waals surface area contributed by atoms with Gasteiger partial charge in [-0.1, -0.05) is 159 Å². The van der Waals surface area contributed by atoms with E-state index in [1.807, 2.05) is 36.4 Å². The predicted molar refractivity (Wildman–Crippen MR) is 226 cm³/mol. The van der Waals surface area contributed by atoms with Crippen molar-refractivity contribution in [3.8, 4) is 22.6 Å². The van der Waals surface area contributed by atoms with Gasteiger partial charge in [0.2, 0.25) is 0 Å². The summed E-state index contributed by atoms with van der Waals surface area (Å²) in [6.07, 6.45) is 26.5. The molecule has 5 heteroatoms. The van der Waals surface area contributed by atoms with E-state index >= 15 is 0 Å². The van der Waals surface area contributed by atoms with Crippen molar-refractivity contribution in [2.24, 2.45) is 0 Å². The Morgan fingerprint density at radius 1 is 0.500 bits per heavy atom. The largest absolute Gasteiger partial charge is 0.494 e. The third-order valence-corrected chi connectivity index (χ3v) is 10.4. The van der Waals surface area contributed by atoms with Crippen molar-refractivity contribution in [2.45, 2.75) is 155 Å². The summed E-state index contributed by atoms with van der Waals surface area (Å²) in [7, 11) is 0. The molecule has 0 aliphatic carbocycles. The van der Waals surface area contributed by atoms with Gasteiger partial charge in [0.25, 0.3) is 5.91 Å². The molecule has 0 heterocycles. The maximum absolute atomic E-state index is 13.6. The van der Waals surface area contributed by atoms with E-state index in [9.17, 15) is 4.79 Å². The summed E-state index contributed by atoms with van der Waals surface area (Å²) >= 11 is 4.29. The smallest absolute Gasteiger partial charge is 0.253 e. The van der Waals surface area contributed by atoms with Crippen molar-refractivity contribution >= 4 is 18.5 Å². The van der Waals surface area contributed by atoms with Gasteiger partial charge >= 0.3 is 0 Å². The standard InChI is InChI=1S/C47H71NO3S/c1-3-5-7-9-16-20-36-48(37-21-17-10-8-6-4-2)47(49)44-26-24-41(25-27-44)40-51-46-34-30-43(31-35-46)42-28-32-45(33-29-42)50-38-22-18-14-12-11-13-15-19-23-39-52/h24-35,52H,3-23,36-40H2,1-2H3. The molecule has 0 saturated heterocycles. The number of unbranched alkanes of at least 4 members (excludes halogenated alkanes) is 18. The minimum absolute atomic E-state index is 0.164. The fraction of sp³-hybridized carbons (Fsp3) is 0.596. The number of benzene rings is 3. The first-order chi connectivity index (χ1) is 25.6. The van der Waals surface area contributed by atoms with Crippen molar-refractivity contribution in [3.63, 3.8) is 0 Å². The number of hydrogen-bond donors (Lipinski definition) is 1. The van der Waals surface area contributed by atoms with Gasteiger partial charge in [0.1, 0.15) is 18.1 Å². The number of ether oxygens (including phenoxy) is 2. The number of thiol groups is 1. The lowest BCUT2D eigenvalue weighted by Crippen LogP contribution is -2.33. The molecule has 0 radical (unpaired) electrons. The van der Waals surface area contributed by atoms with Crippen molar-refractivity contribution in [1.29, 1.82) is 0 Å². The van der Waals surface area contributed by atoms with E-state index < -0.39 is 0 Å². The van der Waals surface area contributed by atoms with Crippen LogP contribution in [0.3, 0.4) is 0 Å². The highest BCUT2D eigenvalue weighted by Crippen LogP contribution is 2.25. The van der Waals surface area contributed by atoms with Crippen LogP contribution in [-0.2, 0) is 6.61 Å². The maximum Gasteiger partial charge on any atom is 0.253 e. The Kier molecular flexibility index (Phi) is 23.9. The molecule has 3 aromatic carbocycles. The van der Waals surface area contributed by atoms with Gasteiger partial charge in [0, 0.05) is 18.7 Å². The molecule has 1 amide bonds. The number of carbonyl (C=O) groups is 1. The van der Waals surface area contributed by atoms with Gasteiger partial charge < -0.3 is 14.4 Å². The fourth-order valence-electron chi connectivity index (χ4n) is 6.70. The van der Waals surface area contributed by atoms with Gasteiger partial charge in [-0.15, -0.1) is 0 Å². The first-order valence-corrected chi connectivity index (χ1v) is 21.7. The van der Waals surface area contributed by atoms with Crippen LogP contribution in [0.25, 0.3) is 11.1 Å².